The predicted molar refractivity (Wildman–Crippen MR) is 105 cm³/mol. The SMILES string of the molecule is [2H]C1N(c2ccccc2C)C(C)=C2N1c1ccccc1C2([2H])C1CCCC1. The average molecular weight is 332 g/mol. The Labute approximate surface area is 153 Å². The van der Waals surface area contributed by atoms with E-state index in [0.717, 1.165) is 41.2 Å². The van der Waals surface area contributed by atoms with Gasteiger partial charge in [-0.2, -0.15) is 0 Å². The van der Waals surface area contributed by atoms with Crippen molar-refractivity contribution < 1.29 is 2.74 Å². The standard InChI is InChI=1S/C23H26N2/c1-16-9-3-7-13-20(16)24-15-25-21-14-8-6-12-19(21)22(23(25)17(24)2)18-10-4-5-11-18/h3,6-9,12-14,18,22H,4-5,10-11,15H2,1-2H3/i15D,22D. The smallest absolute Gasteiger partial charge is 0.0995 e. The molecule has 3 aliphatic rings. The molecule has 2 heterocycles. The number of allylic oxidation sites excluding steroid dienone is 2. The second kappa shape index (κ2) is 5.66. The van der Waals surface area contributed by atoms with Gasteiger partial charge in [-0.15, -0.1) is 0 Å². The molecule has 1 fully saturated rings. The van der Waals surface area contributed by atoms with E-state index in [-0.39, 0.29) is 0 Å². The molecule has 2 nitrogen and oxygen atoms in total. The van der Waals surface area contributed by atoms with E-state index >= 15 is 0 Å². The van der Waals surface area contributed by atoms with Gasteiger partial charge in [0.2, 0.25) is 0 Å². The number of anilines is 2. The molecule has 0 N–H and O–H groups in total. The van der Waals surface area contributed by atoms with Gasteiger partial charge < -0.3 is 9.80 Å². The first kappa shape index (κ1) is 13.0. The highest BCUT2D eigenvalue weighted by atomic mass is 15.4. The third-order valence-corrected chi connectivity index (χ3v) is 6.02. The van der Waals surface area contributed by atoms with Crippen molar-refractivity contribution in [2.45, 2.75) is 45.4 Å². The maximum Gasteiger partial charge on any atom is 0.0995 e. The zero-order chi connectivity index (χ0) is 18.8. The molecule has 0 spiro atoms. The Hall–Kier alpha value is -2.22. The van der Waals surface area contributed by atoms with Gasteiger partial charge in [0.05, 0.1) is 8.02 Å². The van der Waals surface area contributed by atoms with Gasteiger partial charge in [-0.05, 0) is 55.9 Å². The van der Waals surface area contributed by atoms with E-state index in [1.807, 2.05) is 24.3 Å². The van der Waals surface area contributed by atoms with Gasteiger partial charge in [0.15, 0.2) is 0 Å². The van der Waals surface area contributed by atoms with Crippen molar-refractivity contribution in [3.8, 4) is 0 Å². The Balaban J connectivity index is 1.73. The first-order valence-electron chi connectivity index (χ1n) is 10.5. The molecule has 1 saturated carbocycles. The van der Waals surface area contributed by atoms with Crippen molar-refractivity contribution in [1.29, 1.82) is 0 Å². The molecule has 2 heteroatoms. The van der Waals surface area contributed by atoms with Crippen LogP contribution in [0.2, 0.25) is 0 Å². The molecule has 2 aromatic rings. The average Bonchev–Trinajstić information content (AvgIpc) is 3.35. The molecular formula is C23H26N2. The summed E-state index contributed by atoms with van der Waals surface area (Å²) >= 11 is 0. The van der Waals surface area contributed by atoms with E-state index in [0.29, 0.717) is 5.92 Å². The van der Waals surface area contributed by atoms with Gasteiger partial charge in [0.1, 0.15) is 0 Å². The molecule has 2 aliphatic heterocycles. The second-order valence-electron chi connectivity index (χ2n) is 7.49. The first-order chi connectivity index (χ1) is 13.0. The molecular weight excluding hydrogens is 304 g/mol. The van der Waals surface area contributed by atoms with Crippen LogP contribution in [0, 0.1) is 12.8 Å². The van der Waals surface area contributed by atoms with Crippen LogP contribution in [-0.4, -0.2) is 6.64 Å². The summed E-state index contributed by atoms with van der Waals surface area (Å²) in [6.07, 6.45) is 4.64. The zero-order valence-corrected chi connectivity index (χ0v) is 15.0. The fraction of sp³-hybridized carbons (Fsp3) is 0.391. The zero-order valence-electron chi connectivity index (χ0n) is 17.0. The minimum atomic E-state index is -0.742. The molecule has 128 valence electrons. The van der Waals surface area contributed by atoms with Crippen molar-refractivity contribution in [1.82, 2.24) is 0 Å². The molecule has 2 aromatic carbocycles. The topological polar surface area (TPSA) is 6.48 Å². The van der Waals surface area contributed by atoms with Crippen molar-refractivity contribution >= 4 is 11.4 Å². The molecule has 0 amide bonds. The minimum Gasteiger partial charge on any atom is -0.325 e. The van der Waals surface area contributed by atoms with Crippen LogP contribution in [0.3, 0.4) is 0 Å². The van der Waals surface area contributed by atoms with Crippen LogP contribution in [-0.2, 0) is 0 Å². The van der Waals surface area contributed by atoms with Crippen molar-refractivity contribution in [2.75, 3.05) is 16.4 Å². The monoisotopic (exact) mass is 332 g/mol. The normalized spacial score (nSPS) is 29.8. The van der Waals surface area contributed by atoms with Gasteiger partial charge in [0.25, 0.3) is 0 Å². The molecule has 5 rings (SSSR count). The fourth-order valence-electron chi connectivity index (χ4n) is 4.80. The highest BCUT2D eigenvalue weighted by Crippen LogP contribution is 2.55. The van der Waals surface area contributed by atoms with Crippen molar-refractivity contribution in [3.05, 3.63) is 71.1 Å². The van der Waals surface area contributed by atoms with E-state index in [4.69, 9.17) is 1.37 Å². The lowest BCUT2D eigenvalue weighted by Crippen LogP contribution is -2.26. The summed E-state index contributed by atoms with van der Waals surface area (Å²) in [5.41, 5.74) is 6.46. The van der Waals surface area contributed by atoms with E-state index in [9.17, 15) is 1.37 Å². The number of nitrogens with zero attached hydrogens (tertiary/aromatic N) is 2. The lowest BCUT2D eigenvalue weighted by molar-refractivity contribution is 0.483. The first-order valence-corrected chi connectivity index (χ1v) is 9.42. The Morgan fingerprint density at radius 3 is 2.36 bits per heavy atom. The maximum atomic E-state index is 9.70. The van der Waals surface area contributed by atoms with E-state index in [1.54, 1.807) is 0 Å². The molecule has 25 heavy (non-hydrogen) atoms. The number of hydrogen-bond acceptors (Lipinski definition) is 2. The summed E-state index contributed by atoms with van der Waals surface area (Å²) in [6.45, 7) is 3.64. The summed E-state index contributed by atoms with van der Waals surface area (Å²) in [7, 11) is 0. The molecule has 0 aromatic heterocycles. The second-order valence-corrected chi connectivity index (χ2v) is 7.49. The van der Waals surface area contributed by atoms with Crippen LogP contribution in [0.15, 0.2) is 59.9 Å². The van der Waals surface area contributed by atoms with Crippen LogP contribution in [0.25, 0.3) is 0 Å². The summed E-state index contributed by atoms with van der Waals surface area (Å²) in [6, 6.07) is 16.6. The fourth-order valence-corrected chi connectivity index (χ4v) is 4.80. The lowest BCUT2D eigenvalue weighted by atomic mass is 9.84. The van der Waals surface area contributed by atoms with Crippen LogP contribution >= 0.6 is 0 Å². The predicted octanol–water partition coefficient (Wildman–Crippen LogP) is 5.80. The number of para-hydroxylation sites is 2. The third kappa shape index (κ3) is 2.16. The van der Waals surface area contributed by atoms with E-state index in [2.05, 4.69) is 47.9 Å². The molecule has 2 unspecified atom stereocenters. The molecule has 2 atom stereocenters. The Morgan fingerprint density at radius 1 is 0.920 bits per heavy atom. The van der Waals surface area contributed by atoms with Crippen molar-refractivity contribution in [2.24, 2.45) is 5.92 Å². The Kier molecular flexibility index (Phi) is 2.95. The summed E-state index contributed by atoms with van der Waals surface area (Å²) in [4.78, 5) is 4.22. The summed E-state index contributed by atoms with van der Waals surface area (Å²) in [5.74, 6) is -0.411. The molecule has 1 aliphatic carbocycles. The molecule has 0 saturated heterocycles. The van der Waals surface area contributed by atoms with Gasteiger partial charge in [0, 0.05) is 30.0 Å². The summed E-state index contributed by atoms with van der Waals surface area (Å²) < 4.78 is 18.8. The molecule has 0 bridgehead atoms. The quantitative estimate of drug-likeness (QED) is 0.686. The Bertz CT molecular complexity index is 931. The van der Waals surface area contributed by atoms with Crippen molar-refractivity contribution in [3.63, 3.8) is 0 Å². The highest BCUT2D eigenvalue weighted by Gasteiger charge is 2.44. The van der Waals surface area contributed by atoms with Crippen LogP contribution in [0.5, 0.6) is 0 Å². The number of hydrogen-bond donors (Lipinski definition) is 0. The highest BCUT2D eigenvalue weighted by molar-refractivity contribution is 5.75. The van der Waals surface area contributed by atoms with E-state index < -0.39 is 12.5 Å². The third-order valence-electron chi connectivity index (χ3n) is 6.02. The number of fused-ring (bicyclic) bond motifs is 3. The Morgan fingerprint density at radius 2 is 1.60 bits per heavy atom. The van der Waals surface area contributed by atoms with Gasteiger partial charge >= 0.3 is 0 Å². The maximum absolute atomic E-state index is 9.70. The largest absolute Gasteiger partial charge is 0.325 e. The van der Waals surface area contributed by atoms with Crippen LogP contribution in [0.1, 0.15) is 52.4 Å². The van der Waals surface area contributed by atoms with E-state index in [1.165, 1.54) is 18.4 Å². The molecule has 0 radical (unpaired) electrons. The van der Waals surface area contributed by atoms with Crippen LogP contribution < -0.4 is 9.80 Å². The lowest BCUT2D eigenvalue weighted by Gasteiger charge is -2.25. The van der Waals surface area contributed by atoms with Gasteiger partial charge in [-0.1, -0.05) is 49.2 Å². The number of aryl methyl sites for hydroxylation is 1. The number of rotatable bonds is 2. The number of benzene rings is 2. The summed E-state index contributed by atoms with van der Waals surface area (Å²) in [5, 5.41) is 0. The minimum absolute atomic E-state index is 0.331. The van der Waals surface area contributed by atoms with Gasteiger partial charge in [-0.3, -0.25) is 0 Å². The van der Waals surface area contributed by atoms with Crippen LogP contribution in [0.4, 0.5) is 11.4 Å². The van der Waals surface area contributed by atoms with Gasteiger partial charge in [-0.25, -0.2) is 0 Å².